The van der Waals surface area contributed by atoms with E-state index in [0.717, 1.165) is 20.2 Å². The standard InChI is InChI=1S/C12H11Br2N3/c1-7-5-10(15)12(16-6-7)17-11-8(13)3-2-4-9(11)14/h2-6H,15H2,1H3,(H,16,17). The van der Waals surface area contributed by atoms with Crippen LogP contribution < -0.4 is 11.1 Å². The topological polar surface area (TPSA) is 50.9 Å². The monoisotopic (exact) mass is 355 g/mol. The van der Waals surface area contributed by atoms with E-state index in [9.17, 15) is 0 Å². The molecule has 0 saturated heterocycles. The second kappa shape index (κ2) is 5.06. The van der Waals surface area contributed by atoms with Crippen LogP contribution in [0, 0.1) is 6.92 Å². The number of pyridine rings is 1. The molecule has 0 radical (unpaired) electrons. The van der Waals surface area contributed by atoms with E-state index in [-0.39, 0.29) is 0 Å². The van der Waals surface area contributed by atoms with Crippen molar-refractivity contribution in [2.75, 3.05) is 11.1 Å². The van der Waals surface area contributed by atoms with Crippen LogP contribution in [0.2, 0.25) is 0 Å². The van der Waals surface area contributed by atoms with Crippen molar-refractivity contribution in [3.8, 4) is 0 Å². The number of anilines is 3. The van der Waals surface area contributed by atoms with Crippen molar-refractivity contribution >= 4 is 49.1 Å². The molecule has 0 unspecified atom stereocenters. The Morgan fingerprint density at radius 3 is 2.47 bits per heavy atom. The summed E-state index contributed by atoms with van der Waals surface area (Å²) in [7, 11) is 0. The Bertz CT molecular complexity index is 535. The first-order valence-corrected chi connectivity index (χ1v) is 6.59. The number of aryl methyl sites for hydroxylation is 1. The first kappa shape index (κ1) is 12.4. The number of para-hydroxylation sites is 1. The summed E-state index contributed by atoms with van der Waals surface area (Å²) in [6.07, 6.45) is 1.78. The zero-order valence-corrected chi connectivity index (χ0v) is 12.3. The number of halogens is 2. The smallest absolute Gasteiger partial charge is 0.153 e. The van der Waals surface area contributed by atoms with Gasteiger partial charge < -0.3 is 11.1 Å². The Balaban J connectivity index is 2.38. The van der Waals surface area contributed by atoms with Crippen LogP contribution in [0.25, 0.3) is 0 Å². The fourth-order valence-electron chi connectivity index (χ4n) is 1.43. The maximum absolute atomic E-state index is 5.91. The molecule has 1 aromatic heterocycles. The maximum atomic E-state index is 5.91. The average Bonchev–Trinajstić information content (AvgIpc) is 2.26. The van der Waals surface area contributed by atoms with Gasteiger partial charge in [-0.2, -0.15) is 0 Å². The summed E-state index contributed by atoms with van der Waals surface area (Å²) in [4.78, 5) is 4.28. The van der Waals surface area contributed by atoms with Crippen LogP contribution in [0.5, 0.6) is 0 Å². The molecule has 0 spiro atoms. The fourth-order valence-corrected chi connectivity index (χ4v) is 2.63. The van der Waals surface area contributed by atoms with E-state index in [2.05, 4.69) is 42.2 Å². The van der Waals surface area contributed by atoms with Gasteiger partial charge in [-0.1, -0.05) is 6.07 Å². The molecule has 0 bridgehead atoms. The lowest BCUT2D eigenvalue weighted by Gasteiger charge is -2.12. The number of rotatable bonds is 2. The number of hydrogen-bond donors (Lipinski definition) is 2. The van der Waals surface area contributed by atoms with Crippen LogP contribution in [0.15, 0.2) is 39.4 Å². The van der Waals surface area contributed by atoms with E-state index in [4.69, 9.17) is 5.73 Å². The molecule has 0 aliphatic carbocycles. The summed E-state index contributed by atoms with van der Waals surface area (Å²) in [6, 6.07) is 7.75. The van der Waals surface area contributed by atoms with Gasteiger partial charge in [0.15, 0.2) is 5.82 Å². The van der Waals surface area contributed by atoms with E-state index in [1.807, 2.05) is 31.2 Å². The van der Waals surface area contributed by atoms with Crippen LogP contribution in [0.3, 0.4) is 0 Å². The lowest BCUT2D eigenvalue weighted by Crippen LogP contribution is -2.00. The second-order valence-electron chi connectivity index (χ2n) is 3.67. The number of hydrogen-bond acceptors (Lipinski definition) is 3. The van der Waals surface area contributed by atoms with Crippen molar-refractivity contribution in [1.29, 1.82) is 0 Å². The van der Waals surface area contributed by atoms with E-state index < -0.39 is 0 Å². The summed E-state index contributed by atoms with van der Waals surface area (Å²) in [5.41, 5.74) is 8.50. The third kappa shape index (κ3) is 2.79. The third-order valence-corrected chi connectivity index (χ3v) is 3.58. The quantitative estimate of drug-likeness (QED) is 0.846. The number of nitrogen functional groups attached to an aromatic ring is 1. The zero-order chi connectivity index (χ0) is 12.4. The molecule has 88 valence electrons. The van der Waals surface area contributed by atoms with Crippen molar-refractivity contribution in [2.45, 2.75) is 6.92 Å². The highest BCUT2D eigenvalue weighted by Crippen LogP contribution is 2.33. The Morgan fingerprint density at radius 1 is 1.24 bits per heavy atom. The number of benzene rings is 1. The normalized spacial score (nSPS) is 10.3. The Hall–Kier alpha value is -1.07. The molecule has 0 atom stereocenters. The van der Waals surface area contributed by atoms with Gasteiger partial charge in [-0.3, -0.25) is 0 Å². The van der Waals surface area contributed by atoms with Gasteiger partial charge in [-0.05, 0) is 62.5 Å². The minimum Gasteiger partial charge on any atom is -0.396 e. The first-order chi connectivity index (χ1) is 8.08. The van der Waals surface area contributed by atoms with Crippen LogP contribution in [0.4, 0.5) is 17.2 Å². The summed E-state index contributed by atoms with van der Waals surface area (Å²) in [5.74, 6) is 0.656. The lowest BCUT2D eigenvalue weighted by molar-refractivity contribution is 1.26. The summed E-state index contributed by atoms with van der Waals surface area (Å²) >= 11 is 6.97. The van der Waals surface area contributed by atoms with E-state index in [0.29, 0.717) is 11.5 Å². The molecule has 2 rings (SSSR count). The predicted molar refractivity (Wildman–Crippen MR) is 78.5 cm³/mol. The highest BCUT2D eigenvalue weighted by molar-refractivity contribution is 9.11. The van der Waals surface area contributed by atoms with Crippen molar-refractivity contribution in [3.05, 3.63) is 45.0 Å². The van der Waals surface area contributed by atoms with Gasteiger partial charge in [-0.25, -0.2) is 4.98 Å². The highest BCUT2D eigenvalue weighted by Gasteiger charge is 2.07. The molecule has 3 nitrogen and oxygen atoms in total. The number of nitrogens with zero attached hydrogens (tertiary/aromatic N) is 1. The summed E-state index contributed by atoms with van der Waals surface area (Å²) < 4.78 is 1.90. The molecule has 3 N–H and O–H groups in total. The van der Waals surface area contributed by atoms with Gasteiger partial charge in [0.05, 0.1) is 11.4 Å². The SMILES string of the molecule is Cc1cnc(Nc2c(Br)cccc2Br)c(N)c1. The molecule has 1 heterocycles. The van der Waals surface area contributed by atoms with Crippen LogP contribution >= 0.6 is 31.9 Å². The van der Waals surface area contributed by atoms with E-state index >= 15 is 0 Å². The molecule has 0 aliphatic rings. The molecule has 1 aromatic carbocycles. The number of nitrogens with one attached hydrogen (secondary N) is 1. The molecule has 0 fully saturated rings. The Morgan fingerprint density at radius 2 is 1.88 bits per heavy atom. The first-order valence-electron chi connectivity index (χ1n) is 5.01. The molecule has 0 aliphatic heterocycles. The van der Waals surface area contributed by atoms with Gasteiger partial charge in [0, 0.05) is 15.1 Å². The van der Waals surface area contributed by atoms with Gasteiger partial charge in [0.25, 0.3) is 0 Å². The van der Waals surface area contributed by atoms with Crippen molar-refractivity contribution in [1.82, 2.24) is 4.98 Å². The van der Waals surface area contributed by atoms with Crippen LogP contribution in [0.1, 0.15) is 5.56 Å². The Labute approximate surface area is 117 Å². The van der Waals surface area contributed by atoms with Crippen molar-refractivity contribution in [2.24, 2.45) is 0 Å². The molecule has 5 heteroatoms. The molecular weight excluding hydrogens is 346 g/mol. The van der Waals surface area contributed by atoms with Gasteiger partial charge in [0.1, 0.15) is 0 Å². The summed E-state index contributed by atoms with van der Waals surface area (Å²) in [5, 5.41) is 3.21. The van der Waals surface area contributed by atoms with Crippen LogP contribution in [-0.2, 0) is 0 Å². The van der Waals surface area contributed by atoms with E-state index in [1.165, 1.54) is 0 Å². The van der Waals surface area contributed by atoms with Crippen molar-refractivity contribution in [3.63, 3.8) is 0 Å². The molecule has 2 aromatic rings. The Kier molecular flexibility index (Phi) is 3.69. The van der Waals surface area contributed by atoms with Crippen LogP contribution in [-0.4, -0.2) is 4.98 Å². The number of aromatic nitrogens is 1. The molecule has 0 saturated carbocycles. The van der Waals surface area contributed by atoms with Gasteiger partial charge in [0.2, 0.25) is 0 Å². The lowest BCUT2D eigenvalue weighted by atomic mass is 10.2. The average molecular weight is 357 g/mol. The number of nitrogens with two attached hydrogens (primary N) is 1. The molecule has 17 heavy (non-hydrogen) atoms. The molecular formula is C12H11Br2N3. The molecule has 0 amide bonds. The van der Waals surface area contributed by atoms with Crippen molar-refractivity contribution < 1.29 is 0 Å². The largest absolute Gasteiger partial charge is 0.396 e. The maximum Gasteiger partial charge on any atom is 0.153 e. The zero-order valence-electron chi connectivity index (χ0n) is 9.17. The van der Waals surface area contributed by atoms with Gasteiger partial charge in [-0.15, -0.1) is 0 Å². The fraction of sp³-hybridized carbons (Fsp3) is 0.0833. The second-order valence-corrected chi connectivity index (χ2v) is 5.38. The highest BCUT2D eigenvalue weighted by atomic mass is 79.9. The summed E-state index contributed by atoms with van der Waals surface area (Å²) in [6.45, 7) is 1.96. The minimum atomic E-state index is 0.632. The van der Waals surface area contributed by atoms with Gasteiger partial charge >= 0.3 is 0 Å². The minimum absolute atomic E-state index is 0.632. The van der Waals surface area contributed by atoms with E-state index in [1.54, 1.807) is 6.20 Å². The predicted octanol–water partition coefficient (Wildman–Crippen LogP) is 4.24. The third-order valence-electron chi connectivity index (χ3n) is 2.26.